The van der Waals surface area contributed by atoms with Crippen molar-refractivity contribution >= 4 is 0 Å². The molecule has 0 heterocycles. The highest BCUT2D eigenvalue weighted by molar-refractivity contribution is 5.29. The third-order valence-electron chi connectivity index (χ3n) is 2.80. The second-order valence-corrected chi connectivity index (χ2v) is 4.42. The van der Waals surface area contributed by atoms with Gasteiger partial charge in [-0.05, 0) is 38.0 Å². The SMILES string of the molecule is CCC(NCC=C(C)C)c1ccc(OC)cc1. The summed E-state index contributed by atoms with van der Waals surface area (Å²) >= 11 is 0. The highest BCUT2D eigenvalue weighted by Gasteiger charge is 2.07. The molecule has 0 aromatic heterocycles. The monoisotopic (exact) mass is 233 g/mol. The highest BCUT2D eigenvalue weighted by Crippen LogP contribution is 2.19. The summed E-state index contributed by atoms with van der Waals surface area (Å²) in [5.41, 5.74) is 2.66. The van der Waals surface area contributed by atoms with Gasteiger partial charge in [0.1, 0.15) is 5.75 Å². The van der Waals surface area contributed by atoms with Crippen molar-refractivity contribution in [2.45, 2.75) is 33.2 Å². The third kappa shape index (κ3) is 4.61. The smallest absolute Gasteiger partial charge is 0.118 e. The number of hydrogen-bond acceptors (Lipinski definition) is 2. The molecule has 2 nitrogen and oxygen atoms in total. The van der Waals surface area contributed by atoms with E-state index in [0.29, 0.717) is 6.04 Å². The second-order valence-electron chi connectivity index (χ2n) is 4.42. The van der Waals surface area contributed by atoms with E-state index >= 15 is 0 Å². The van der Waals surface area contributed by atoms with Gasteiger partial charge in [0, 0.05) is 12.6 Å². The molecular weight excluding hydrogens is 210 g/mol. The van der Waals surface area contributed by atoms with Crippen molar-refractivity contribution in [1.29, 1.82) is 0 Å². The normalized spacial score (nSPS) is 12.0. The molecule has 1 unspecified atom stereocenters. The average Bonchev–Trinajstić information content (AvgIpc) is 2.34. The van der Waals surface area contributed by atoms with E-state index in [2.05, 4.69) is 44.3 Å². The van der Waals surface area contributed by atoms with Crippen molar-refractivity contribution in [2.24, 2.45) is 0 Å². The van der Waals surface area contributed by atoms with Crippen molar-refractivity contribution < 1.29 is 4.74 Å². The fourth-order valence-corrected chi connectivity index (χ4v) is 1.74. The molecule has 0 aliphatic carbocycles. The minimum absolute atomic E-state index is 0.413. The van der Waals surface area contributed by atoms with Gasteiger partial charge in [-0.2, -0.15) is 0 Å². The first kappa shape index (κ1) is 13.8. The van der Waals surface area contributed by atoms with E-state index in [-0.39, 0.29) is 0 Å². The number of allylic oxidation sites excluding steroid dienone is 1. The van der Waals surface area contributed by atoms with Crippen LogP contribution in [0.5, 0.6) is 5.75 Å². The van der Waals surface area contributed by atoms with E-state index in [1.54, 1.807) is 7.11 Å². The Bertz CT molecular complexity index is 350. The zero-order valence-electron chi connectivity index (χ0n) is 11.3. The van der Waals surface area contributed by atoms with Crippen molar-refractivity contribution in [2.75, 3.05) is 13.7 Å². The Balaban J connectivity index is 2.62. The molecule has 0 radical (unpaired) electrons. The van der Waals surface area contributed by atoms with Gasteiger partial charge in [0.15, 0.2) is 0 Å². The van der Waals surface area contributed by atoms with Gasteiger partial charge in [-0.15, -0.1) is 0 Å². The molecule has 0 amide bonds. The predicted molar refractivity (Wildman–Crippen MR) is 73.5 cm³/mol. The van der Waals surface area contributed by atoms with Crippen LogP contribution >= 0.6 is 0 Å². The van der Waals surface area contributed by atoms with Gasteiger partial charge < -0.3 is 10.1 Å². The predicted octanol–water partition coefficient (Wildman–Crippen LogP) is 3.70. The van der Waals surface area contributed by atoms with Gasteiger partial charge in [-0.1, -0.05) is 30.7 Å². The van der Waals surface area contributed by atoms with Crippen LogP contribution in [0.2, 0.25) is 0 Å². The molecule has 1 atom stereocenters. The second kappa shape index (κ2) is 7.13. The van der Waals surface area contributed by atoms with Crippen LogP contribution in [-0.4, -0.2) is 13.7 Å². The molecule has 1 N–H and O–H groups in total. The maximum Gasteiger partial charge on any atom is 0.118 e. The van der Waals surface area contributed by atoms with E-state index in [1.807, 2.05) is 12.1 Å². The average molecular weight is 233 g/mol. The lowest BCUT2D eigenvalue weighted by Crippen LogP contribution is -2.20. The fraction of sp³-hybridized carbons (Fsp3) is 0.467. The highest BCUT2D eigenvalue weighted by atomic mass is 16.5. The first-order valence-electron chi connectivity index (χ1n) is 6.18. The van der Waals surface area contributed by atoms with E-state index < -0.39 is 0 Å². The Morgan fingerprint density at radius 2 is 1.94 bits per heavy atom. The minimum atomic E-state index is 0.413. The number of ether oxygens (including phenoxy) is 1. The van der Waals surface area contributed by atoms with Crippen LogP contribution in [0.15, 0.2) is 35.9 Å². The fourth-order valence-electron chi connectivity index (χ4n) is 1.74. The van der Waals surface area contributed by atoms with Gasteiger partial charge in [-0.3, -0.25) is 0 Å². The van der Waals surface area contributed by atoms with Crippen LogP contribution in [-0.2, 0) is 0 Å². The quantitative estimate of drug-likeness (QED) is 0.756. The zero-order chi connectivity index (χ0) is 12.7. The summed E-state index contributed by atoms with van der Waals surface area (Å²) in [6.07, 6.45) is 3.30. The zero-order valence-corrected chi connectivity index (χ0v) is 11.3. The molecule has 0 saturated carbocycles. The van der Waals surface area contributed by atoms with Crippen molar-refractivity contribution in [3.63, 3.8) is 0 Å². The number of methoxy groups -OCH3 is 1. The summed E-state index contributed by atoms with van der Waals surface area (Å²) in [6, 6.07) is 8.70. The van der Waals surface area contributed by atoms with Gasteiger partial charge in [0.25, 0.3) is 0 Å². The summed E-state index contributed by atoms with van der Waals surface area (Å²) < 4.78 is 5.17. The lowest BCUT2D eigenvalue weighted by Gasteiger charge is -2.16. The van der Waals surface area contributed by atoms with Gasteiger partial charge in [0.05, 0.1) is 7.11 Å². The van der Waals surface area contributed by atoms with Crippen molar-refractivity contribution in [3.05, 3.63) is 41.5 Å². The molecule has 0 saturated heterocycles. The molecule has 0 fully saturated rings. The van der Waals surface area contributed by atoms with Crippen molar-refractivity contribution in [3.8, 4) is 5.75 Å². The molecule has 94 valence electrons. The molecule has 0 bridgehead atoms. The molecule has 1 aromatic carbocycles. The number of hydrogen-bond donors (Lipinski definition) is 1. The largest absolute Gasteiger partial charge is 0.497 e. The topological polar surface area (TPSA) is 21.3 Å². The molecular formula is C15H23NO. The Morgan fingerprint density at radius 3 is 2.41 bits per heavy atom. The Morgan fingerprint density at radius 1 is 1.29 bits per heavy atom. The summed E-state index contributed by atoms with van der Waals surface area (Å²) in [5.74, 6) is 0.910. The molecule has 1 aromatic rings. The first-order chi connectivity index (χ1) is 8.17. The Labute approximate surface area is 105 Å². The van der Waals surface area contributed by atoms with Crippen LogP contribution in [0, 0.1) is 0 Å². The maximum absolute atomic E-state index is 5.17. The van der Waals surface area contributed by atoms with Gasteiger partial charge in [-0.25, -0.2) is 0 Å². The maximum atomic E-state index is 5.17. The van der Waals surface area contributed by atoms with Gasteiger partial charge >= 0.3 is 0 Å². The van der Waals surface area contributed by atoms with E-state index in [4.69, 9.17) is 4.74 Å². The number of rotatable bonds is 6. The number of benzene rings is 1. The van der Waals surface area contributed by atoms with Gasteiger partial charge in [0.2, 0.25) is 0 Å². The van der Waals surface area contributed by atoms with Crippen LogP contribution < -0.4 is 10.1 Å². The summed E-state index contributed by atoms with van der Waals surface area (Å²) in [4.78, 5) is 0. The molecule has 0 spiro atoms. The van der Waals surface area contributed by atoms with E-state index in [9.17, 15) is 0 Å². The van der Waals surface area contributed by atoms with Crippen LogP contribution in [0.4, 0.5) is 0 Å². The standard InChI is InChI=1S/C15H23NO/c1-5-15(16-11-10-12(2)3)13-6-8-14(17-4)9-7-13/h6-10,15-16H,5,11H2,1-4H3. The summed E-state index contributed by atoms with van der Waals surface area (Å²) in [7, 11) is 1.69. The molecule has 17 heavy (non-hydrogen) atoms. The van der Waals surface area contributed by atoms with E-state index in [0.717, 1.165) is 18.7 Å². The lowest BCUT2D eigenvalue weighted by atomic mass is 10.0. The number of nitrogens with one attached hydrogen (secondary N) is 1. The van der Waals surface area contributed by atoms with Crippen LogP contribution in [0.25, 0.3) is 0 Å². The van der Waals surface area contributed by atoms with Crippen molar-refractivity contribution in [1.82, 2.24) is 5.32 Å². The molecule has 0 aliphatic heterocycles. The molecule has 1 rings (SSSR count). The lowest BCUT2D eigenvalue weighted by molar-refractivity contribution is 0.414. The molecule has 0 aliphatic rings. The minimum Gasteiger partial charge on any atom is -0.497 e. The Kier molecular flexibility index (Phi) is 5.78. The molecule has 2 heteroatoms. The summed E-state index contributed by atoms with van der Waals surface area (Å²) in [6.45, 7) is 7.36. The van der Waals surface area contributed by atoms with E-state index in [1.165, 1.54) is 11.1 Å². The first-order valence-corrected chi connectivity index (χ1v) is 6.18. The Hall–Kier alpha value is -1.28. The third-order valence-corrected chi connectivity index (χ3v) is 2.80. The van der Waals surface area contributed by atoms with Crippen LogP contribution in [0.1, 0.15) is 38.8 Å². The summed E-state index contributed by atoms with van der Waals surface area (Å²) in [5, 5.41) is 3.54. The van der Waals surface area contributed by atoms with Crippen LogP contribution in [0.3, 0.4) is 0 Å².